The van der Waals surface area contributed by atoms with Crippen molar-refractivity contribution in [3.05, 3.63) is 96.1 Å². The Balaban J connectivity index is 1.62. The van der Waals surface area contributed by atoms with E-state index in [0.29, 0.717) is 5.69 Å². The summed E-state index contributed by atoms with van der Waals surface area (Å²) in [6, 6.07) is 23.1. The minimum absolute atomic E-state index is 0.104. The standard InChI is InChI=1S/C23H21N3O2S/c1-29-16-21-25-18-11-5-6-13-20(18)26(21)15-22(27)28-23(17-9-3-2-4-10-17)19-12-7-8-14-24-19/h2-14,23H,15-16H2,1H3. The summed E-state index contributed by atoms with van der Waals surface area (Å²) < 4.78 is 7.86. The second-order valence-corrected chi connectivity index (χ2v) is 7.44. The van der Waals surface area contributed by atoms with Gasteiger partial charge in [-0.3, -0.25) is 9.78 Å². The lowest BCUT2D eigenvalue weighted by molar-refractivity contribution is -0.148. The van der Waals surface area contributed by atoms with Gasteiger partial charge in [-0.05, 0) is 36.1 Å². The normalized spacial score (nSPS) is 12.0. The molecule has 0 N–H and O–H groups in total. The number of esters is 1. The van der Waals surface area contributed by atoms with E-state index in [9.17, 15) is 4.79 Å². The largest absolute Gasteiger partial charge is 0.450 e. The van der Waals surface area contributed by atoms with Gasteiger partial charge in [0.05, 0.1) is 22.5 Å². The van der Waals surface area contributed by atoms with E-state index < -0.39 is 6.10 Å². The van der Waals surface area contributed by atoms with Crippen LogP contribution in [-0.4, -0.2) is 26.8 Å². The highest BCUT2D eigenvalue weighted by Crippen LogP contribution is 2.25. The van der Waals surface area contributed by atoms with E-state index in [4.69, 9.17) is 4.74 Å². The smallest absolute Gasteiger partial charge is 0.327 e. The molecule has 0 aliphatic carbocycles. The van der Waals surface area contributed by atoms with E-state index in [1.165, 1.54) is 0 Å². The molecule has 2 heterocycles. The Labute approximate surface area is 173 Å². The van der Waals surface area contributed by atoms with Crippen molar-refractivity contribution in [2.75, 3.05) is 6.26 Å². The number of fused-ring (bicyclic) bond motifs is 1. The molecule has 2 aromatic carbocycles. The Bertz CT molecular complexity index is 1060. The molecule has 0 bridgehead atoms. The van der Waals surface area contributed by atoms with Crippen LogP contribution in [0.25, 0.3) is 11.0 Å². The van der Waals surface area contributed by atoms with Gasteiger partial charge in [0.25, 0.3) is 0 Å². The second-order valence-electron chi connectivity index (χ2n) is 6.57. The topological polar surface area (TPSA) is 57.0 Å². The Kier molecular flexibility index (Phi) is 5.91. The third-order valence-corrected chi connectivity index (χ3v) is 5.15. The van der Waals surface area contributed by atoms with Gasteiger partial charge in [0, 0.05) is 6.20 Å². The molecule has 1 atom stereocenters. The van der Waals surface area contributed by atoms with E-state index in [0.717, 1.165) is 28.2 Å². The number of ether oxygens (including phenoxy) is 1. The summed E-state index contributed by atoms with van der Waals surface area (Å²) in [5, 5.41) is 0. The number of para-hydroxylation sites is 2. The number of pyridine rings is 1. The first-order chi connectivity index (χ1) is 14.3. The number of aromatic nitrogens is 3. The molecule has 6 heteroatoms. The van der Waals surface area contributed by atoms with Crippen LogP contribution in [0.2, 0.25) is 0 Å². The van der Waals surface area contributed by atoms with Crippen LogP contribution in [-0.2, 0) is 21.8 Å². The summed E-state index contributed by atoms with van der Waals surface area (Å²) >= 11 is 1.67. The third kappa shape index (κ3) is 4.32. The predicted molar refractivity (Wildman–Crippen MR) is 116 cm³/mol. The van der Waals surface area contributed by atoms with Crippen LogP contribution in [0.15, 0.2) is 79.0 Å². The maximum Gasteiger partial charge on any atom is 0.327 e. The fourth-order valence-corrected chi connectivity index (χ4v) is 3.78. The predicted octanol–water partition coefficient (Wildman–Crippen LogP) is 4.63. The van der Waals surface area contributed by atoms with Crippen molar-refractivity contribution in [2.24, 2.45) is 0 Å². The molecule has 29 heavy (non-hydrogen) atoms. The van der Waals surface area contributed by atoms with Crippen LogP contribution >= 0.6 is 11.8 Å². The Hall–Kier alpha value is -3.12. The molecule has 0 aliphatic heterocycles. The summed E-state index contributed by atoms with van der Waals surface area (Å²) in [4.78, 5) is 22.0. The lowest BCUT2D eigenvalue weighted by Crippen LogP contribution is -2.19. The first-order valence-electron chi connectivity index (χ1n) is 9.34. The highest BCUT2D eigenvalue weighted by molar-refractivity contribution is 7.97. The number of hydrogen-bond acceptors (Lipinski definition) is 5. The van der Waals surface area contributed by atoms with Crippen molar-refractivity contribution in [2.45, 2.75) is 18.4 Å². The molecule has 0 radical (unpaired) electrons. The molecule has 0 saturated carbocycles. The van der Waals surface area contributed by atoms with Gasteiger partial charge in [-0.2, -0.15) is 11.8 Å². The molecular weight excluding hydrogens is 382 g/mol. The first kappa shape index (κ1) is 19.2. The molecular formula is C23H21N3O2S. The Morgan fingerprint density at radius 2 is 1.79 bits per heavy atom. The lowest BCUT2D eigenvalue weighted by Gasteiger charge is -2.18. The fraction of sp³-hybridized carbons (Fsp3) is 0.174. The van der Waals surface area contributed by atoms with Crippen LogP contribution in [0.5, 0.6) is 0 Å². The molecule has 146 valence electrons. The van der Waals surface area contributed by atoms with E-state index in [2.05, 4.69) is 9.97 Å². The molecule has 0 spiro atoms. The minimum Gasteiger partial charge on any atom is -0.450 e. The summed E-state index contributed by atoms with van der Waals surface area (Å²) in [7, 11) is 0. The highest BCUT2D eigenvalue weighted by atomic mass is 32.2. The minimum atomic E-state index is -0.552. The quantitative estimate of drug-likeness (QED) is 0.421. The van der Waals surface area contributed by atoms with Crippen LogP contribution in [0.3, 0.4) is 0 Å². The van der Waals surface area contributed by atoms with Crippen LogP contribution in [0.1, 0.15) is 23.2 Å². The first-order valence-corrected chi connectivity index (χ1v) is 10.7. The van der Waals surface area contributed by atoms with E-state index >= 15 is 0 Å². The van der Waals surface area contributed by atoms with Crippen molar-refractivity contribution in [1.29, 1.82) is 0 Å². The summed E-state index contributed by atoms with van der Waals surface area (Å²) in [6.45, 7) is 0.104. The van der Waals surface area contributed by atoms with Gasteiger partial charge < -0.3 is 9.30 Å². The van der Waals surface area contributed by atoms with Gasteiger partial charge in [-0.1, -0.05) is 48.5 Å². The van der Waals surface area contributed by atoms with Gasteiger partial charge in [-0.15, -0.1) is 0 Å². The molecule has 4 rings (SSSR count). The number of carbonyl (C=O) groups is 1. The SMILES string of the molecule is CSCc1nc2ccccc2n1CC(=O)OC(c1ccccc1)c1ccccn1. The monoisotopic (exact) mass is 403 g/mol. The number of benzene rings is 2. The average Bonchev–Trinajstić information content (AvgIpc) is 3.10. The molecule has 5 nitrogen and oxygen atoms in total. The van der Waals surface area contributed by atoms with Crippen LogP contribution in [0, 0.1) is 0 Å². The van der Waals surface area contributed by atoms with E-state index in [-0.39, 0.29) is 12.5 Å². The second kappa shape index (κ2) is 8.92. The van der Waals surface area contributed by atoms with Crippen molar-refractivity contribution in [3.8, 4) is 0 Å². The third-order valence-electron chi connectivity index (χ3n) is 4.60. The van der Waals surface area contributed by atoms with Gasteiger partial charge in [-0.25, -0.2) is 4.98 Å². The molecule has 0 amide bonds. The zero-order valence-electron chi connectivity index (χ0n) is 16.1. The molecule has 2 aromatic heterocycles. The lowest BCUT2D eigenvalue weighted by atomic mass is 10.1. The van der Waals surface area contributed by atoms with Crippen molar-refractivity contribution < 1.29 is 9.53 Å². The van der Waals surface area contributed by atoms with Crippen molar-refractivity contribution in [1.82, 2.24) is 14.5 Å². The molecule has 1 unspecified atom stereocenters. The van der Waals surface area contributed by atoms with Crippen LogP contribution < -0.4 is 0 Å². The van der Waals surface area contributed by atoms with Crippen LogP contribution in [0.4, 0.5) is 0 Å². The summed E-state index contributed by atoms with van der Waals surface area (Å²) in [5.74, 6) is 1.27. The molecule has 4 aromatic rings. The van der Waals surface area contributed by atoms with Gasteiger partial charge in [0.15, 0.2) is 6.10 Å². The number of thioether (sulfide) groups is 1. The Morgan fingerprint density at radius 1 is 1.03 bits per heavy atom. The maximum atomic E-state index is 13.0. The van der Waals surface area contributed by atoms with Crippen molar-refractivity contribution in [3.63, 3.8) is 0 Å². The molecule has 0 fully saturated rings. The number of rotatable bonds is 7. The van der Waals surface area contributed by atoms with Crippen molar-refractivity contribution >= 4 is 28.8 Å². The summed E-state index contributed by atoms with van der Waals surface area (Å²) in [6.07, 6.45) is 3.18. The Morgan fingerprint density at radius 3 is 2.55 bits per heavy atom. The average molecular weight is 404 g/mol. The fourth-order valence-electron chi connectivity index (χ4n) is 3.30. The zero-order valence-corrected chi connectivity index (χ0v) is 16.9. The number of carbonyl (C=O) groups excluding carboxylic acids is 1. The zero-order chi connectivity index (χ0) is 20.1. The molecule has 0 saturated heterocycles. The maximum absolute atomic E-state index is 13.0. The number of imidazole rings is 1. The van der Waals surface area contributed by atoms with Gasteiger partial charge in [0.1, 0.15) is 12.4 Å². The molecule has 0 aliphatic rings. The van der Waals surface area contributed by atoms with E-state index in [1.807, 2.05) is 83.6 Å². The van der Waals surface area contributed by atoms with Gasteiger partial charge in [0.2, 0.25) is 0 Å². The van der Waals surface area contributed by atoms with E-state index in [1.54, 1.807) is 18.0 Å². The van der Waals surface area contributed by atoms with Gasteiger partial charge >= 0.3 is 5.97 Å². The number of nitrogens with zero attached hydrogens (tertiary/aromatic N) is 3. The highest BCUT2D eigenvalue weighted by Gasteiger charge is 2.22. The number of hydrogen-bond donors (Lipinski definition) is 0. The summed E-state index contributed by atoms with van der Waals surface area (Å²) in [5.41, 5.74) is 3.41.